The molecule has 3 aliphatic heterocycles. The van der Waals surface area contributed by atoms with Crippen molar-refractivity contribution in [3.8, 4) is 0 Å². The molecule has 0 radical (unpaired) electrons. The fourth-order valence-electron chi connectivity index (χ4n) is 5.76. The number of rotatable bonds is 4. The van der Waals surface area contributed by atoms with Crippen molar-refractivity contribution >= 4 is 11.8 Å². The molecule has 8 heteroatoms. The number of nitrogens with zero attached hydrogens (tertiary/aromatic N) is 2. The maximum Gasteiger partial charge on any atom is 0.249 e. The van der Waals surface area contributed by atoms with Crippen molar-refractivity contribution in [2.24, 2.45) is 11.3 Å². The van der Waals surface area contributed by atoms with E-state index < -0.39 is 35.1 Å². The van der Waals surface area contributed by atoms with Gasteiger partial charge in [0, 0.05) is 53.8 Å². The second kappa shape index (κ2) is 8.14. The van der Waals surface area contributed by atoms with Gasteiger partial charge < -0.3 is 20.2 Å². The lowest BCUT2D eigenvalue weighted by Crippen LogP contribution is -2.62. The molecule has 4 rings (SSSR count). The quantitative estimate of drug-likeness (QED) is 0.744. The van der Waals surface area contributed by atoms with Crippen LogP contribution in [0.25, 0.3) is 0 Å². The molecule has 2 saturated heterocycles. The van der Waals surface area contributed by atoms with E-state index in [0.717, 1.165) is 18.2 Å². The van der Waals surface area contributed by atoms with Gasteiger partial charge in [-0.1, -0.05) is 32.9 Å². The predicted octanol–water partition coefficient (Wildman–Crippen LogP) is 2.57. The van der Waals surface area contributed by atoms with Crippen LogP contribution in [0.3, 0.4) is 0 Å². The molecule has 2 fully saturated rings. The van der Waals surface area contributed by atoms with E-state index in [1.165, 1.54) is 12.1 Å². The molecule has 6 nitrogen and oxygen atoms in total. The van der Waals surface area contributed by atoms with Crippen LogP contribution in [-0.2, 0) is 16.1 Å². The number of benzene rings is 1. The standard InChI is InChI=1S/C24H31F2N3O3/c1-5-28-12-15-9-10-17-18(22(31)27-11-14-7-6-8-16(25)19(14)26)24(3,4)21(30)13(2)20(23(28)32)29(15)17/h6-8,13,15,20-21,30H,5,9-12H2,1-4H3,(H,27,31)/t13-,15?,20?,21?/m0/s1. The Hall–Kier alpha value is -2.48. The van der Waals surface area contributed by atoms with Gasteiger partial charge in [0.15, 0.2) is 11.6 Å². The summed E-state index contributed by atoms with van der Waals surface area (Å²) in [5.74, 6) is -2.78. The van der Waals surface area contributed by atoms with Crippen LogP contribution in [0.2, 0.25) is 0 Å². The molecule has 2 N–H and O–H groups in total. The molecular weight excluding hydrogens is 416 g/mol. The average Bonchev–Trinajstić information content (AvgIpc) is 3.13. The van der Waals surface area contributed by atoms with Gasteiger partial charge in [-0.05, 0) is 25.8 Å². The Labute approximate surface area is 187 Å². The number of allylic oxidation sites excluding steroid dienone is 1. The second-order valence-corrected chi connectivity index (χ2v) is 9.66. The van der Waals surface area contributed by atoms with Crippen molar-refractivity contribution < 1.29 is 23.5 Å². The SMILES string of the molecule is CCN1CC2CCC3=C(C(=O)NCc4cccc(F)c4F)C(C)(C)C(O)[C@@H](C)C(C1=O)N32. The molecule has 174 valence electrons. The molecule has 3 aliphatic rings. The van der Waals surface area contributed by atoms with E-state index in [-0.39, 0.29) is 30.0 Å². The summed E-state index contributed by atoms with van der Waals surface area (Å²) in [6, 6.07) is 3.43. The fraction of sp³-hybridized carbons (Fsp3) is 0.583. The average molecular weight is 448 g/mol. The summed E-state index contributed by atoms with van der Waals surface area (Å²) in [7, 11) is 0. The largest absolute Gasteiger partial charge is 0.392 e. The zero-order valence-corrected chi connectivity index (χ0v) is 19.0. The van der Waals surface area contributed by atoms with E-state index in [9.17, 15) is 23.5 Å². The summed E-state index contributed by atoms with van der Waals surface area (Å²) in [4.78, 5) is 30.6. The first-order valence-electron chi connectivity index (χ1n) is 11.3. The van der Waals surface area contributed by atoms with Gasteiger partial charge in [0.2, 0.25) is 11.8 Å². The molecule has 0 bridgehead atoms. The number of hydrogen-bond acceptors (Lipinski definition) is 4. The van der Waals surface area contributed by atoms with E-state index >= 15 is 0 Å². The van der Waals surface area contributed by atoms with Crippen LogP contribution >= 0.6 is 0 Å². The third-order valence-electron chi connectivity index (χ3n) is 7.46. The summed E-state index contributed by atoms with van der Waals surface area (Å²) in [5, 5.41) is 14.0. The number of hydrogen-bond donors (Lipinski definition) is 2. The maximum absolute atomic E-state index is 14.1. The number of amides is 2. The lowest BCUT2D eigenvalue weighted by Gasteiger charge is -2.46. The van der Waals surface area contributed by atoms with Crippen LogP contribution in [0.4, 0.5) is 8.78 Å². The van der Waals surface area contributed by atoms with Crippen molar-refractivity contribution in [1.82, 2.24) is 15.1 Å². The van der Waals surface area contributed by atoms with E-state index in [2.05, 4.69) is 10.2 Å². The first kappa shape index (κ1) is 22.7. The second-order valence-electron chi connectivity index (χ2n) is 9.66. The topological polar surface area (TPSA) is 72.9 Å². The van der Waals surface area contributed by atoms with Crippen LogP contribution in [0.15, 0.2) is 29.5 Å². The highest BCUT2D eigenvalue weighted by atomic mass is 19.2. The van der Waals surface area contributed by atoms with Crippen LogP contribution < -0.4 is 5.32 Å². The lowest BCUT2D eigenvalue weighted by atomic mass is 9.72. The van der Waals surface area contributed by atoms with Crippen LogP contribution in [-0.4, -0.2) is 58.0 Å². The number of aliphatic hydroxyl groups is 1. The summed E-state index contributed by atoms with van der Waals surface area (Å²) in [6.45, 7) is 8.48. The van der Waals surface area contributed by atoms with Gasteiger partial charge in [0.25, 0.3) is 0 Å². The Bertz CT molecular complexity index is 977. The van der Waals surface area contributed by atoms with Crippen LogP contribution in [0, 0.1) is 23.0 Å². The van der Waals surface area contributed by atoms with Crippen molar-refractivity contribution in [2.45, 2.75) is 65.3 Å². The molecule has 3 heterocycles. The van der Waals surface area contributed by atoms with Gasteiger partial charge in [-0.25, -0.2) is 8.78 Å². The molecule has 0 aromatic heterocycles. The Morgan fingerprint density at radius 1 is 1.31 bits per heavy atom. The molecule has 3 unspecified atom stereocenters. The van der Waals surface area contributed by atoms with Gasteiger partial charge in [-0.3, -0.25) is 9.59 Å². The number of halogens is 2. The Kier molecular flexibility index (Phi) is 5.77. The molecule has 32 heavy (non-hydrogen) atoms. The Balaban J connectivity index is 1.72. The fourth-order valence-corrected chi connectivity index (χ4v) is 5.76. The predicted molar refractivity (Wildman–Crippen MR) is 115 cm³/mol. The van der Waals surface area contributed by atoms with E-state index in [1.54, 1.807) is 0 Å². The molecule has 1 aromatic carbocycles. The summed E-state index contributed by atoms with van der Waals surface area (Å²) >= 11 is 0. The highest BCUT2D eigenvalue weighted by molar-refractivity contribution is 5.96. The van der Waals surface area contributed by atoms with Crippen molar-refractivity contribution in [1.29, 1.82) is 0 Å². The minimum absolute atomic E-state index is 0.0195. The minimum Gasteiger partial charge on any atom is -0.392 e. The molecule has 4 atom stereocenters. The van der Waals surface area contributed by atoms with Crippen molar-refractivity contribution in [2.75, 3.05) is 13.1 Å². The van der Waals surface area contributed by atoms with Gasteiger partial charge in [-0.15, -0.1) is 0 Å². The monoisotopic (exact) mass is 447 g/mol. The third-order valence-corrected chi connectivity index (χ3v) is 7.46. The van der Waals surface area contributed by atoms with E-state index in [1.807, 2.05) is 32.6 Å². The minimum atomic E-state index is -0.985. The number of aliphatic hydroxyl groups excluding tert-OH is 1. The molecule has 1 aromatic rings. The molecule has 0 spiro atoms. The van der Waals surface area contributed by atoms with Gasteiger partial charge >= 0.3 is 0 Å². The number of carbonyl (C=O) groups excluding carboxylic acids is 2. The number of piperazine rings is 1. The highest BCUT2D eigenvalue weighted by Crippen LogP contribution is 2.48. The molecule has 0 saturated carbocycles. The van der Waals surface area contributed by atoms with Gasteiger partial charge in [-0.2, -0.15) is 0 Å². The molecular formula is C24H31F2N3O3. The summed E-state index contributed by atoms with van der Waals surface area (Å²) < 4.78 is 27.6. The first-order valence-corrected chi connectivity index (χ1v) is 11.3. The van der Waals surface area contributed by atoms with E-state index in [4.69, 9.17) is 0 Å². The van der Waals surface area contributed by atoms with E-state index in [0.29, 0.717) is 25.1 Å². The number of carbonyl (C=O) groups is 2. The van der Waals surface area contributed by atoms with Crippen LogP contribution in [0.5, 0.6) is 0 Å². The van der Waals surface area contributed by atoms with Gasteiger partial charge in [0.05, 0.1) is 6.10 Å². The maximum atomic E-state index is 14.1. The Morgan fingerprint density at radius 3 is 2.72 bits per heavy atom. The van der Waals surface area contributed by atoms with Gasteiger partial charge in [0.1, 0.15) is 6.04 Å². The third kappa shape index (κ3) is 3.39. The summed E-state index contributed by atoms with van der Waals surface area (Å²) in [6.07, 6.45) is 0.522. The zero-order chi connectivity index (χ0) is 23.4. The zero-order valence-electron chi connectivity index (χ0n) is 19.0. The molecule has 2 amide bonds. The van der Waals surface area contributed by atoms with Crippen molar-refractivity contribution in [3.05, 3.63) is 46.7 Å². The highest BCUT2D eigenvalue weighted by Gasteiger charge is 2.55. The normalized spacial score (nSPS) is 29.2. The number of nitrogens with one attached hydrogen (secondary N) is 1. The lowest BCUT2D eigenvalue weighted by molar-refractivity contribution is -0.147. The van der Waals surface area contributed by atoms with Crippen molar-refractivity contribution in [3.63, 3.8) is 0 Å². The van der Waals surface area contributed by atoms with Crippen LogP contribution in [0.1, 0.15) is 46.1 Å². The summed E-state index contributed by atoms with van der Waals surface area (Å²) in [5.41, 5.74) is 0.340. The molecule has 0 aliphatic carbocycles. The number of likely N-dealkylation sites (N-methyl/N-ethyl adjacent to an activating group) is 1. The Morgan fingerprint density at radius 2 is 2.03 bits per heavy atom. The first-order chi connectivity index (χ1) is 15.1. The smallest absolute Gasteiger partial charge is 0.249 e.